The van der Waals surface area contributed by atoms with Crippen LogP contribution in [0.3, 0.4) is 0 Å². The molecule has 35 heteroatoms. The van der Waals surface area contributed by atoms with Gasteiger partial charge in [-0.05, 0) is 103 Å². The Bertz CT molecular complexity index is 3470. The maximum absolute atomic E-state index is 13.9. The molecule has 103 heavy (non-hydrogen) atoms. The highest BCUT2D eigenvalue weighted by atomic mass is 127. The number of nitriles is 1. The summed E-state index contributed by atoms with van der Waals surface area (Å²) in [6.45, 7) is 2.61. The van der Waals surface area contributed by atoms with Crippen molar-refractivity contribution in [1.29, 1.82) is 5.26 Å². The molecule has 1 unspecified atom stereocenters. The molecule has 8 N–H and O–H groups in total. The zero-order valence-corrected chi connectivity index (χ0v) is 60.5. The quantitative estimate of drug-likeness (QED) is 0.0220. The minimum Gasteiger partial charge on any atom is -0.494 e. The van der Waals surface area contributed by atoms with Gasteiger partial charge in [-0.25, -0.2) is 8.78 Å². The fourth-order valence-corrected chi connectivity index (χ4v) is 13.7. The number of pyridine rings is 1. The number of carboxylic acid groups (broad SMARTS) is 3. The number of nitrogens with one attached hydrogen (secondary N) is 5. The number of aromatic nitrogens is 1. The summed E-state index contributed by atoms with van der Waals surface area (Å²) in [4.78, 5) is 170. The average Bonchev–Trinajstić information content (AvgIpc) is 1.56. The Balaban J connectivity index is 0.780. The molecule has 5 heterocycles. The van der Waals surface area contributed by atoms with Crippen molar-refractivity contribution in [3.05, 3.63) is 69.4 Å². The lowest BCUT2D eigenvalue weighted by atomic mass is 10.1. The number of alkyl halides is 2. The number of piperazine rings is 1. The number of fused-ring (bicyclic) bond motifs is 1. The number of hydrogen-bond donors (Lipinski definition) is 8. The van der Waals surface area contributed by atoms with E-state index in [-0.39, 0.29) is 166 Å². The van der Waals surface area contributed by atoms with E-state index in [0.717, 1.165) is 18.9 Å². The summed E-state index contributed by atoms with van der Waals surface area (Å²) < 4.78 is 34.9. The number of benzene rings is 2. The Hall–Kier alpha value is -8.28. The van der Waals surface area contributed by atoms with Gasteiger partial charge in [0.2, 0.25) is 47.3 Å². The van der Waals surface area contributed by atoms with Gasteiger partial charge in [0.15, 0.2) is 0 Å². The molecular formula is C68H92F2IN15O16S. The summed E-state index contributed by atoms with van der Waals surface area (Å²) in [6, 6.07) is 14.0. The number of halogens is 3. The van der Waals surface area contributed by atoms with Crippen LogP contribution in [0.25, 0.3) is 10.9 Å². The van der Waals surface area contributed by atoms with Crippen LogP contribution >= 0.6 is 34.4 Å². The monoisotopic (exact) mass is 1570 g/mol. The molecular weight excluding hydrogens is 1480 g/mol. The van der Waals surface area contributed by atoms with Gasteiger partial charge in [-0.15, -0.1) is 11.8 Å². The molecule has 0 radical (unpaired) electrons. The summed E-state index contributed by atoms with van der Waals surface area (Å²) in [5.41, 5.74) is 1.76. The zero-order valence-electron chi connectivity index (χ0n) is 57.5. The number of nitrogens with zero attached hydrogens (tertiary/aromatic N) is 10. The number of imide groups is 1. The van der Waals surface area contributed by atoms with Gasteiger partial charge in [0.05, 0.1) is 68.3 Å². The van der Waals surface area contributed by atoms with Gasteiger partial charge in [-0.1, -0.05) is 12.1 Å². The average molecular weight is 1570 g/mol. The Morgan fingerprint density at radius 1 is 0.670 bits per heavy atom. The van der Waals surface area contributed by atoms with Gasteiger partial charge >= 0.3 is 17.9 Å². The number of thioether (sulfide) groups is 1. The third-order valence-electron chi connectivity index (χ3n) is 17.9. The molecule has 2 aromatic carbocycles. The van der Waals surface area contributed by atoms with E-state index in [0.29, 0.717) is 88.1 Å². The van der Waals surface area contributed by atoms with Crippen LogP contribution in [-0.2, 0) is 59.2 Å². The first kappa shape index (κ1) is 82.0. The van der Waals surface area contributed by atoms with Crippen molar-refractivity contribution >= 4 is 116 Å². The van der Waals surface area contributed by atoms with E-state index in [1.165, 1.54) is 24.0 Å². The lowest BCUT2D eigenvalue weighted by Crippen LogP contribution is -2.50. The summed E-state index contributed by atoms with van der Waals surface area (Å²) in [6.07, 6.45) is 3.79. The van der Waals surface area contributed by atoms with Crippen molar-refractivity contribution in [3.8, 4) is 11.8 Å². The lowest BCUT2D eigenvalue weighted by Gasteiger charge is -2.34. The molecule has 4 aliphatic heterocycles. The SMILES string of the molecule is N#C[C@@H]1CC(F)(F)CN1C(=O)CNC(=O)c1ccnc2ccc(OCCCN3CCN(C(=O)CCC(=O)NCCCC[C@H](NC(=O)CCCc4ccc(I)cc4)C(=O)NCCSC4CC(=O)N(CCNC(=O)CN5CCN(CC(=O)O)CCN(CC(=O)O)CCN(CC(=O)O)CC5)C4=O)CC3)cc12. The van der Waals surface area contributed by atoms with Crippen LogP contribution in [0, 0.1) is 14.9 Å². The first-order valence-electron chi connectivity index (χ1n) is 34.5. The number of likely N-dealkylation sites (tertiary alicyclic amines) is 2. The van der Waals surface area contributed by atoms with Crippen molar-refractivity contribution in [2.24, 2.45) is 0 Å². The molecule has 31 nitrogen and oxygen atoms in total. The van der Waals surface area contributed by atoms with Crippen LogP contribution < -0.4 is 31.3 Å². The summed E-state index contributed by atoms with van der Waals surface area (Å²) in [5, 5.41) is 51.3. The predicted octanol–water partition coefficient (Wildman–Crippen LogP) is 0.385. The Labute approximate surface area is 613 Å². The number of unbranched alkanes of at least 4 members (excludes halogenated alkanes) is 1. The second-order valence-corrected chi connectivity index (χ2v) is 28.2. The Morgan fingerprint density at radius 3 is 1.92 bits per heavy atom. The third kappa shape index (κ3) is 28.4. The number of carbonyl (C=O) groups excluding carboxylic acids is 9. The van der Waals surface area contributed by atoms with E-state index in [4.69, 9.17) is 4.74 Å². The molecule has 9 amide bonds. The van der Waals surface area contributed by atoms with Crippen LogP contribution in [0.1, 0.15) is 80.1 Å². The maximum Gasteiger partial charge on any atom is 0.317 e. The Kier molecular flexibility index (Phi) is 33.3. The van der Waals surface area contributed by atoms with Gasteiger partial charge in [0.1, 0.15) is 17.8 Å². The number of aryl methyl sites for hydroxylation is 1. The van der Waals surface area contributed by atoms with E-state index >= 15 is 0 Å². The molecule has 1 aromatic heterocycles. The van der Waals surface area contributed by atoms with Crippen LogP contribution in [-0.4, -0.2) is 317 Å². The molecule has 4 saturated heterocycles. The van der Waals surface area contributed by atoms with Crippen molar-refractivity contribution in [3.63, 3.8) is 0 Å². The second-order valence-electron chi connectivity index (χ2n) is 25.7. The fraction of sp³-hybridized carbons (Fsp3) is 0.588. The molecule has 0 aliphatic carbocycles. The molecule has 7 rings (SSSR count). The van der Waals surface area contributed by atoms with Crippen LogP contribution in [0.5, 0.6) is 5.75 Å². The lowest BCUT2D eigenvalue weighted by molar-refractivity contribution is -0.140. The molecule has 4 fully saturated rings. The second kappa shape index (κ2) is 41.9. The van der Waals surface area contributed by atoms with E-state index in [1.807, 2.05) is 24.3 Å². The van der Waals surface area contributed by atoms with E-state index < -0.39 is 96.1 Å². The van der Waals surface area contributed by atoms with Gasteiger partial charge < -0.3 is 56.4 Å². The summed E-state index contributed by atoms with van der Waals surface area (Å²) in [5.74, 6) is -9.63. The summed E-state index contributed by atoms with van der Waals surface area (Å²) >= 11 is 3.41. The molecule has 0 bridgehead atoms. The van der Waals surface area contributed by atoms with E-state index in [1.54, 1.807) is 48.8 Å². The third-order valence-corrected chi connectivity index (χ3v) is 19.8. The number of carboxylic acids is 3. The minimum absolute atomic E-state index is 0.0146. The molecule has 0 saturated carbocycles. The van der Waals surface area contributed by atoms with Crippen LogP contribution in [0.15, 0.2) is 54.7 Å². The molecule has 0 spiro atoms. The van der Waals surface area contributed by atoms with Crippen LogP contribution in [0.4, 0.5) is 8.78 Å². The number of ether oxygens (including phenoxy) is 1. The predicted molar refractivity (Wildman–Crippen MR) is 380 cm³/mol. The summed E-state index contributed by atoms with van der Waals surface area (Å²) in [7, 11) is 0. The van der Waals surface area contributed by atoms with Gasteiger partial charge in [0.25, 0.3) is 11.8 Å². The van der Waals surface area contributed by atoms with Crippen LogP contribution in [0.2, 0.25) is 0 Å². The van der Waals surface area contributed by atoms with Gasteiger partial charge in [-0.3, -0.25) is 91.9 Å². The van der Waals surface area contributed by atoms with Crippen molar-refractivity contribution < 1.29 is 86.4 Å². The number of carbonyl (C=O) groups is 12. The Morgan fingerprint density at radius 2 is 1.29 bits per heavy atom. The fourth-order valence-electron chi connectivity index (χ4n) is 12.3. The van der Waals surface area contributed by atoms with Gasteiger partial charge in [-0.2, -0.15) is 5.26 Å². The first-order valence-corrected chi connectivity index (χ1v) is 36.7. The highest BCUT2D eigenvalue weighted by Gasteiger charge is 2.47. The first-order chi connectivity index (χ1) is 49.3. The molecule has 562 valence electrons. The van der Waals surface area contributed by atoms with Crippen molar-refractivity contribution in [1.82, 2.24) is 70.8 Å². The topological polar surface area (TPSA) is 398 Å². The maximum atomic E-state index is 13.9. The van der Waals surface area contributed by atoms with Gasteiger partial charge in [0, 0.05) is 164 Å². The number of amides is 9. The number of hydrogen-bond acceptors (Lipinski definition) is 21. The number of rotatable bonds is 37. The van der Waals surface area contributed by atoms with E-state index in [9.17, 15) is 86.9 Å². The molecule has 4 aliphatic rings. The zero-order chi connectivity index (χ0) is 74.4. The largest absolute Gasteiger partial charge is 0.494 e. The highest BCUT2D eigenvalue weighted by molar-refractivity contribution is 14.1. The molecule has 3 atom stereocenters. The standard InChI is InChI=1S/C68H92F2IN15O16S/c69-68(70)39-49(40-72)86(46-68)61(92)41-77-65(99)51-16-18-73-53-13-12-50(37-52(51)53)102-35-4-21-79-31-33-84(34-32-79)59(90)15-14-56(87)74-17-2-1-6-54(78-57(88)7-3-5-47-8-10-48(71)11-9-47)66(100)76-20-36-103-55-38-60(91)85(67(55)101)22-19-75-58(89)42-80-23-25-81(43-62(93)94)27-29-83(45-64(97)98)30-28-82(26-24-80)44-63(95)96/h8-13,16,18,37,49,54-55H,1-7,14-15,17,19-36,38-39,41-46H2,(H,74,87)(H,75,89)(H,76,100)(H,77,99)(H,78,88)(H,93,94)(H,95,96)(H,97,98)/t49-,54-,55?/m0/s1. The minimum atomic E-state index is -3.19. The highest BCUT2D eigenvalue weighted by Crippen LogP contribution is 2.32. The molecule has 3 aromatic rings. The number of aliphatic carboxylic acids is 3. The van der Waals surface area contributed by atoms with Crippen molar-refractivity contribution in [2.45, 2.75) is 93.9 Å². The van der Waals surface area contributed by atoms with Crippen molar-refractivity contribution in [2.75, 3.05) is 163 Å². The van der Waals surface area contributed by atoms with E-state index in [2.05, 4.69) is 59.1 Å². The normalized spacial score (nSPS) is 18.4. The smallest absolute Gasteiger partial charge is 0.317 e.